The van der Waals surface area contributed by atoms with Gasteiger partial charge in [-0.25, -0.2) is 0 Å². The SMILES string of the molecule is C.C.CC.CC.CC.CC.CC.CC.CC.CC(C)C1(C(C)C)CCCc2ccccc21.CC(C)C1(C(C)C)CCCc2ccccc21.CC(C)C1(C(C)C)CCc2ccccc21.CC(C)C1(C(C)C)CCc2ccccc21.CC(C)C1(C(C)C)CCc2ccccc2C1.CC(C)C1(C(C)C)CCc2ccccc2C1.CC(C)C1(C(C)C)Cc2ccccc2C1. The van der Waals surface area contributed by atoms with Gasteiger partial charge in [-0.1, -0.05) is 476 Å². The van der Waals surface area contributed by atoms with Crippen molar-refractivity contribution in [3.63, 3.8) is 0 Å². The second kappa shape index (κ2) is 59.0. The van der Waals surface area contributed by atoms with Gasteiger partial charge in [0.05, 0.1) is 0 Å². The Morgan fingerprint density at radius 3 is 0.512 bits per heavy atom. The van der Waals surface area contributed by atoms with E-state index in [4.69, 9.17) is 0 Å². The topological polar surface area (TPSA) is 0 Å². The van der Waals surface area contributed by atoms with Crippen LogP contribution in [0.1, 0.15) is 435 Å². The normalized spacial score (nSPS) is 16.7. The highest BCUT2D eigenvalue weighted by Crippen LogP contribution is 2.55. The molecule has 0 amide bonds. The first-order chi connectivity index (χ1) is 58.5. The average Bonchev–Trinajstić information content (AvgIpc) is 1.71. The molecule has 0 bridgehead atoms. The lowest BCUT2D eigenvalue weighted by atomic mass is 9.58. The van der Waals surface area contributed by atoms with E-state index >= 15 is 0 Å². The Morgan fingerprint density at radius 1 is 0.160 bits per heavy atom. The van der Waals surface area contributed by atoms with Crippen LogP contribution in [0.15, 0.2) is 170 Å². The first-order valence-corrected chi connectivity index (χ1v) is 52.1. The highest BCUT2D eigenvalue weighted by Gasteiger charge is 2.48. The van der Waals surface area contributed by atoms with Crippen LogP contribution >= 0.6 is 0 Å². The number of fused-ring (bicyclic) bond motifs is 7. The summed E-state index contributed by atoms with van der Waals surface area (Å²) in [5.74, 6) is 10.5. The van der Waals surface area contributed by atoms with E-state index in [1.54, 1.807) is 77.9 Å². The molecule has 14 rings (SSSR count). The standard InChI is InChI=1S/4C16H24.3C15H22.7C2H6.2CH4/c2*1-12(2)16(13(3)4)11-7-9-14-8-5-6-10-15(14)16;2*1-12(2)16(13(3)4)10-9-14-7-5-6-8-15(14)11-16;1-11(2)15(12(3)4)9-13-7-5-6-8-14(13)10-15;2*1-11(2)15(12(3)4)10-9-13-7-5-6-8-14(13)15;7*1-2;;/h2*5-6,8,10,12-13H,7,9,11H2,1-4H3;2*5-8,12-13H,9-11H2,1-4H3;3*5-8,11-12H,9-10H2,1-4H3;7*1-2H3;2*1H4. The van der Waals surface area contributed by atoms with E-state index in [1.165, 1.54) is 116 Å². The zero-order valence-corrected chi connectivity index (χ0v) is 89.5. The van der Waals surface area contributed by atoms with Crippen molar-refractivity contribution >= 4 is 0 Å². The summed E-state index contributed by atoms with van der Waals surface area (Å²) in [6.07, 6.45) is 23.6. The van der Waals surface area contributed by atoms with Crippen molar-refractivity contribution in [2.24, 2.45) is 99.1 Å². The van der Waals surface area contributed by atoms with Crippen LogP contribution in [0, 0.1) is 99.1 Å². The second-order valence-corrected chi connectivity index (χ2v) is 40.4. The van der Waals surface area contributed by atoms with Gasteiger partial charge in [-0.3, -0.25) is 0 Å². The average molecular weight is 1720 g/mol. The fraction of sp³-hybridized carbons (Fsp3) is 0.664. The van der Waals surface area contributed by atoms with Crippen molar-refractivity contribution in [2.45, 2.75) is 443 Å². The minimum atomic E-state index is 0. The number of rotatable bonds is 14. The van der Waals surface area contributed by atoms with Crippen LogP contribution in [0.25, 0.3) is 0 Å². The summed E-state index contributed by atoms with van der Waals surface area (Å²) in [5, 5.41) is 0. The lowest BCUT2D eigenvalue weighted by Crippen LogP contribution is -2.41. The number of hydrogen-bond donors (Lipinski definition) is 0. The summed E-state index contributed by atoms with van der Waals surface area (Å²) in [7, 11) is 0. The number of hydrogen-bond acceptors (Lipinski definition) is 0. The molecule has 0 fully saturated rings. The summed E-state index contributed by atoms with van der Waals surface area (Å²) in [4.78, 5) is 0. The molecule has 0 saturated carbocycles. The summed E-state index contributed by atoms with van der Waals surface area (Å²) in [6, 6.07) is 63.2. The number of aryl methyl sites for hydroxylation is 6. The highest BCUT2D eigenvalue weighted by molar-refractivity contribution is 5.44. The summed E-state index contributed by atoms with van der Waals surface area (Å²) in [5.41, 5.74) is 25.6. The molecule has 7 aromatic rings. The molecule has 0 radical (unpaired) electrons. The lowest BCUT2D eigenvalue weighted by Gasteiger charge is -2.46. The van der Waals surface area contributed by atoms with Crippen molar-refractivity contribution < 1.29 is 0 Å². The van der Waals surface area contributed by atoms with E-state index in [-0.39, 0.29) is 14.9 Å². The summed E-state index contributed by atoms with van der Waals surface area (Å²) < 4.78 is 0. The summed E-state index contributed by atoms with van der Waals surface area (Å²) in [6.45, 7) is 94.8. The molecule has 0 nitrogen and oxygen atoms in total. The molecule has 0 saturated heterocycles. The van der Waals surface area contributed by atoms with Gasteiger partial charge in [0.1, 0.15) is 0 Å². The largest absolute Gasteiger partial charge is 0.0776 e. The van der Waals surface area contributed by atoms with Gasteiger partial charge in [-0.2, -0.15) is 0 Å². The molecular formula is C125H212. The Labute approximate surface area is 784 Å². The van der Waals surface area contributed by atoms with Crippen LogP contribution in [0.5, 0.6) is 0 Å². The van der Waals surface area contributed by atoms with Gasteiger partial charge in [0, 0.05) is 21.7 Å². The van der Waals surface area contributed by atoms with Gasteiger partial charge >= 0.3 is 0 Å². The molecule has 0 heteroatoms. The predicted molar refractivity (Wildman–Crippen MR) is 574 cm³/mol. The van der Waals surface area contributed by atoms with Gasteiger partial charge in [0.25, 0.3) is 0 Å². The van der Waals surface area contributed by atoms with Crippen molar-refractivity contribution in [3.8, 4) is 0 Å². The maximum absolute atomic E-state index is 2.40. The molecule has 0 atom stereocenters. The van der Waals surface area contributed by atoms with E-state index < -0.39 is 0 Å². The van der Waals surface area contributed by atoms with E-state index in [9.17, 15) is 0 Å². The van der Waals surface area contributed by atoms with Gasteiger partial charge in [0.15, 0.2) is 0 Å². The summed E-state index contributed by atoms with van der Waals surface area (Å²) >= 11 is 0. The molecule has 0 spiro atoms. The van der Waals surface area contributed by atoms with E-state index in [1.807, 2.05) is 96.9 Å². The van der Waals surface area contributed by atoms with Crippen LogP contribution in [0.4, 0.5) is 0 Å². The molecule has 0 aromatic heterocycles. The first-order valence-electron chi connectivity index (χ1n) is 52.1. The van der Waals surface area contributed by atoms with Gasteiger partial charge in [0.2, 0.25) is 0 Å². The minimum Gasteiger partial charge on any atom is -0.0776 e. The predicted octanol–water partition coefficient (Wildman–Crippen LogP) is 39.0. The van der Waals surface area contributed by atoms with Crippen LogP contribution in [-0.4, -0.2) is 0 Å². The Morgan fingerprint density at radius 2 is 0.312 bits per heavy atom. The van der Waals surface area contributed by atoms with Crippen LogP contribution in [0.3, 0.4) is 0 Å². The zero-order valence-electron chi connectivity index (χ0n) is 89.5. The Kier molecular flexibility index (Phi) is 57.4. The van der Waals surface area contributed by atoms with Crippen LogP contribution in [0.2, 0.25) is 0 Å². The minimum absolute atomic E-state index is 0. The third kappa shape index (κ3) is 28.5. The molecule has 125 heavy (non-hydrogen) atoms. The molecule has 7 aliphatic rings. The fourth-order valence-corrected chi connectivity index (χ4v) is 24.6. The Balaban J connectivity index is 0. The van der Waals surface area contributed by atoms with Crippen molar-refractivity contribution in [2.75, 3.05) is 0 Å². The van der Waals surface area contributed by atoms with Crippen molar-refractivity contribution in [1.29, 1.82) is 0 Å². The molecule has 7 aliphatic carbocycles. The highest BCUT2D eigenvalue weighted by atomic mass is 14.5. The van der Waals surface area contributed by atoms with Gasteiger partial charge < -0.3 is 0 Å². The molecular weight excluding hydrogens is 1500 g/mol. The molecule has 0 heterocycles. The Bertz CT molecular complexity index is 3610. The maximum Gasteiger partial charge on any atom is 0.000483 e. The third-order valence-electron chi connectivity index (χ3n) is 32.1. The van der Waals surface area contributed by atoms with E-state index in [2.05, 4.69) is 364 Å². The Hall–Kier alpha value is -5.46. The fourth-order valence-electron chi connectivity index (χ4n) is 24.6. The van der Waals surface area contributed by atoms with Crippen LogP contribution in [-0.2, 0) is 85.9 Å². The molecule has 0 N–H and O–H groups in total. The lowest BCUT2D eigenvalue weighted by molar-refractivity contribution is 0.0902. The number of benzene rings is 7. The monoisotopic (exact) mass is 1710 g/mol. The zero-order chi connectivity index (χ0) is 94.2. The van der Waals surface area contributed by atoms with E-state index in [0.717, 1.165) is 82.9 Å². The molecule has 0 unspecified atom stereocenters. The van der Waals surface area contributed by atoms with Gasteiger partial charge in [-0.15, -0.1) is 0 Å². The molecule has 712 valence electrons. The van der Waals surface area contributed by atoms with Crippen LogP contribution < -0.4 is 0 Å². The smallest absolute Gasteiger partial charge is 0.000483 e. The van der Waals surface area contributed by atoms with Crippen molar-refractivity contribution in [1.82, 2.24) is 0 Å². The van der Waals surface area contributed by atoms with Crippen molar-refractivity contribution in [3.05, 3.63) is 248 Å². The van der Waals surface area contributed by atoms with Gasteiger partial charge in [-0.05, 0) is 293 Å². The third-order valence-corrected chi connectivity index (χ3v) is 32.1. The second-order valence-electron chi connectivity index (χ2n) is 40.4. The maximum atomic E-state index is 2.40. The quantitative estimate of drug-likeness (QED) is 0.102. The van der Waals surface area contributed by atoms with E-state index in [0.29, 0.717) is 37.9 Å². The molecule has 0 aliphatic heterocycles. The first kappa shape index (κ1) is 122. The molecule has 7 aromatic carbocycles.